The second-order valence-electron chi connectivity index (χ2n) is 7.44. The Morgan fingerprint density at radius 1 is 1.10 bits per heavy atom. The summed E-state index contributed by atoms with van der Waals surface area (Å²) in [7, 11) is 0. The fourth-order valence-electron chi connectivity index (χ4n) is 3.91. The molecular weight excluding hydrogens is 393 g/mol. The number of aliphatic carboxylic acids is 1. The minimum Gasteiger partial charge on any atom is -0.493 e. The quantitative estimate of drug-likeness (QED) is 0.553. The molecule has 4 rings (SSSR count). The number of carboxylic acid groups (broad SMARTS) is 1. The van der Waals surface area contributed by atoms with Gasteiger partial charge in [0.2, 0.25) is 0 Å². The zero-order valence-electron chi connectivity index (χ0n) is 17.3. The van der Waals surface area contributed by atoms with Gasteiger partial charge in [0.25, 0.3) is 0 Å². The Kier molecular flexibility index (Phi) is 6.03. The van der Waals surface area contributed by atoms with E-state index in [1.165, 1.54) is 6.07 Å². The van der Waals surface area contributed by atoms with E-state index in [4.69, 9.17) is 4.74 Å². The molecule has 0 saturated heterocycles. The third kappa shape index (κ3) is 4.45. The lowest BCUT2D eigenvalue weighted by Gasteiger charge is -2.26. The zero-order valence-corrected chi connectivity index (χ0v) is 17.3. The molecule has 5 heteroatoms. The Hall–Kier alpha value is -3.60. The number of carbonyl (C=O) groups is 1. The second kappa shape index (κ2) is 9.04. The molecule has 0 radical (unpaired) electrons. The lowest BCUT2D eigenvalue weighted by Crippen LogP contribution is -2.25. The van der Waals surface area contributed by atoms with Crippen LogP contribution in [0.1, 0.15) is 24.5 Å². The van der Waals surface area contributed by atoms with Crippen molar-refractivity contribution in [1.29, 1.82) is 0 Å². The van der Waals surface area contributed by atoms with Crippen LogP contribution in [-0.2, 0) is 11.3 Å². The highest BCUT2D eigenvalue weighted by Gasteiger charge is 2.21. The summed E-state index contributed by atoms with van der Waals surface area (Å²) in [6.07, 6.45) is 2.11. The molecule has 0 aliphatic carbocycles. The first-order valence-electron chi connectivity index (χ1n) is 10.3. The van der Waals surface area contributed by atoms with Gasteiger partial charge in [-0.3, -0.25) is 0 Å². The van der Waals surface area contributed by atoms with Crippen LogP contribution in [0, 0.1) is 5.82 Å². The van der Waals surface area contributed by atoms with Crippen LogP contribution in [0.3, 0.4) is 0 Å². The molecule has 4 nitrogen and oxygen atoms in total. The van der Waals surface area contributed by atoms with Crippen LogP contribution in [0.25, 0.3) is 17.2 Å². The molecule has 0 unspecified atom stereocenters. The van der Waals surface area contributed by atoms with Gasteiger partial charge >= 0.3 is 5.97 Å². The van der Waals surface area contributed by atoms with Crippen molar-refractivity contribution < 1.29 is 19.0 Å². The molecule has 0 amide bonds. The lowest BCUT2D eigenvalue weighted by atomic mass is 9.99. The van der Waals surface area contributed by atoms with Gasteiger partial charge in [-0.05, 0) is 54.8 Å². The number of nitrogens with zero attached hydrogens (tertiary/aromatic N) is 1. The molecule has 0 fully saturated rings. The Balaban J connectivity index is 1.78. The predicted molar refractivity (Wildman–Crippen MR) is 121 cm³/mol. The van der Waals surface area contributed by atoms with Crippen molar-refractivity contribution in [2.45, 2.75) is 19.9 Å². The fraction of sp³-hybridized carbons (Fsp3) is 0.192. The first-order chi connectivity index (χ1) is 15.1. The Bertz CT molecular complexity index is 1140. The average Bonchev–Trinajstić information content (AvgIpc) is 2.95. The standard InChI is InChI=1S/C26H24FNO3/c1-2-31-25-10-6-4-8-22(25)18-11-12-24-21(15-18)16-19(26(29)30)13-14-28(24)17-20-7-3-5-9-23(20)27/h3-12,15-16H,2,13-14,17H2,1H3,(H,29,30). The number of halogens is 1. The third-order valence-corrected chi connectivity index (χ3v) is 5.44. The molecule has 1 aliphatic heterocycles. The average molecular weight is 417 g/mol. The Morgan fingerprint density at radius 3 is 2.65 bits per heavy atom. The maximum Gasteiger partial charge on any atom is 0.331 e. The number of para-hydroxylation sites is 1. The van der Waals surface area contributed by atoms with E-state index < -0.39 is 5.97 Å². The summed E-state index contributed by atoms with van der Waals surface area (Å²) < 4.78 is 20.1. The van der Waals surface area contributed by atoms with Gasteiger partial charge in [0.15, 0.2) is 0 Å². The zero-order chi connectivity index (χ0) is 21.8. The molecule has 0 saturated carbocycles. The summed E-state index contributed by atoms with van der Waals surface area (Å²) in [4.78, 5) is 13.8. The molecular formula is C26H24FNO3. The van der Waals surface area contributed by atoms with Crippen molar-refractivity contribution >= 4 is 17.7 Å². The maximum atomic E-state index is 14.3. The van der Waals surface area contributed by atoms with Crippen LogP contribution in [0.4, 0.5) is 10.1 Å². The van der Waals surface area contributed by atoms with E-state index in [1.807, 2.05) is 60.4 Å². The SMILES string of the molecule is CCOc1ccccc1-c1ccc2c(c1)C=C(C(=O)O)CCN2Cc1ccccc1F. The van der Waals surface area contributed by atoms with Crippen molar-refractivity contribution in [1.82, 2.24) is 0 Å². The van der Waals surface area contributed by atoms with Gasteiger partial charge in [-0.1, -0.05) is 42.5 Å². The monoisotopic (exact) mass is 417 g/mol. The molecule has 0 spiro atoms. The van der Waals surface area contributed by atoms with Gasteiger partial charge in [0, 0.05) is 35.5 Å². The van der Waals surface area contributed by atoms with E-state index in [0.29, 0.717) is 37.3 Å². The largest absolute Gasteiger partial charge is 0.493 e. The van der Waals surface area contributed by atoms with Crippen LogP contribution in [0.15, 0.2) is 72.3 Å². The highest BCUT2D eigenvalue weighted by molar-refractivity contribution is 5.94. The summed E-state index contributed by atoms with van der Waals surface area (Å²) in [5, 5.41) is 9.64. The van der Waals surface area contributed by atoms with Crippen LogP contribution in [0.2, 0.25) is 0 Å². The lowest BCUT2D eigenvalue weighted by molar-refractivity contribution is -0.132. The number of hydrogen-bond donors (Lipinski definition) is 1. The van der Waals surface area contributed by atoms with E-state index in [1.54, 1.807) is 18.2 Å². The molecule has 0 aromatic heterocycles. The molecule has 1 N–H and O–H groups in total. The summed E-state index contributed by atoms with van der Waals surface area (Å²) in [5.74, 6) is -0.412. The summed E-state index contributed by atoms with van der Waals surface area (Å²) in [5.41, 5.74) is 4.50. The van der Waals surface area contributed by atoms with Crippen molar-refractivity contribution in [2.75, 3.05) is 18.1 Å². The smallest absolute Gasteiger partial charge is 0.331 e. The van der Waals surface area contributed by atoms with E-state index in [0.717, 1.165) is 28.1 Å². The number of anilines is 1. The third-order valence-electron chi connectivity index (χ3n) is 5.44. The van der Waals surface area contributed by atoms with E-state index >= 15 is 0 Å². The topological polar surface area (TPSA) is 49.8 Å². The van der Waals surface area contributed by atoms with Gasteiger partial charge in [-0.2, -0.15) is 0 Å². The number of ether oxygens (including phenoxy) is 1. The molecule has 1 heterocycles. The molecule has 3 aromatic carbocycles. The van der Waals surface area contributed by atoms with E-state index in [9.17, 15) is 14.3 Å². The molecule has 0 atom stereocenters. The predicted octanol–water partition coefficient (Wildman–Crippen LogP) is 5.77. The Morgan fingerprint density at radius 2 is 1.87 bits per heavy atom. The van der Waals surface area contributed by atoms with Crippen molar-refractivity contribution in [3.05, 3.63) is 89.2 Å². The molecule has 31 heavy (non-hydrogen) atoms. The van der Waals surface area contributed by atoms with Crippen LogP contribution in [-0.4, -0.2) is 24.2 Å². The molecule has 3 aromatic rings. The Labute approximate surface area is 181 Å². The summed E-state index contributed by atoms with van der Waals surface area (Å²) >= 11 is 0. The minimum absolute atomic E-state index is 0.262. The number of benzene rings is 3. The van der Waals surface area contributed by atoms with Crippen LogP contribution in [0.5, 0.6) is 5.75 Å². The van der Waals surface area contributed by atoms with Crippen molar-refractivity contribution in [3.63, 3.8) is 0 Å². The fourth-order valence-corrected chi connectivity index (χ4v) is 3.91. The number of hydrogen-bond acceptors (Lipinski definition) is 3. The van der Waals surface area contributed by atoms with Gasteiger partial charge < -0.3 is 14.7 Å². The van der Waals surface area contributed by atoms with Crippen molar-refractivity contribution in [2.24, 2.45) is 0 Å². The number of fused-ring (bicyclic) bond motifs is 1. The maximum absolute atomic E-state index is 14.3. The van der Waals surface area contributed by atoms with E-state index in [-0.39, 0.29) is 5.82 Å². The van der Waals surface area contributed by atoms with E-state index in [2.05, 4.69) is 0 Å². The first-order valence-corrected chi connectivity index (χ1v) is 10.3. The molecule has 158 valence electrons. The number of carboxylic acids is 1. The van der Waals surface area contributed by atoms with Crippen LogP contribution < -0.4 is 9.64 Å². The van der Waals surface area contributed by atoms with Gasteiger partial charge in [-0.15, -0.1) is 0 Å². The normalized spacial score (nSPS) is 13.2. The number of rotatable bonds is 6. The second-order valence-corrected chi connectivity index (χ2v) is 7.44. The first kappa shape index (κ1) is 20.7. The highest BCUT2D eigenvalue weighted by atomic mass is 19.1. The molecule has 1 aliphatic rings. The van der Waals surface area contributed by atoms with Gasteiger partial charge in [0.1, 0.15) is 11.6 Å². The summed E-state index contributed by atoms with van der Waals surface area (Å²) in [6, 6.07) is 20.4. The van der Waals surface area contributed by atoms with Gasteiger partial charge in [0.05, 0.1) is 6.61 Å². The highest BCUT2D eigenvalue weighted by Crippen LogP contribution is 2.36. The van der Waals surface area contributed by atoms with Crippen molar-refractivity contribution in [3.8, 4) is 16.9 Å². The molecule has 0 bridgehead atoms. The minimum atomic E-state index is -0.932. The summed E-state index contributed by atoms with van der Waals surface area (Å²) in [6.45, 7) is 3.36. The van der Waals surface area contributed by atoms with Crippen LogP contribution >= 0.6 is 0 Å². The van der Waals surface area contributed by atoms with Gasteiger partial charge in [-0.25, -0.2) is 9.18 Å².